The summed E-state index contributed by atoms with van der Waals surface area (Å²) in [6, 6.07) is 20.2. The Labute approximate surface area is 201 Å². The third kappa shape index (κ3) is 6.78. The highest BCUT2D eigenvalue weighted by Gasteiger charge is 2.19. The molecule has 7 nitrogen and oxygen atoms in total. The van der Waals surface area contributed by atoms with Crippen molar-refractivity contribution in [3.05, 3.63) is 89.7 Å². The van der Waals surface area contributed by atoms with E-state index in [9.17, 15) is 9.59 Å². The molecular formula is C27H33N5O2. The van der Waals surface area contributed by atoms with Crippen LogP contribution in [0.25, 0.3) is 0 Å². The number of carbonyl (C=O) groups excluding carboxylic acids is 2. The van der Waals surface area contributed by atoms with Gasteiger partial charge in [-0.05, 0) is 36.9 Å². The lowest BCUT2D eigenvalue weighted by Gasteiger charge is -2.22. The molecule has 2 aromatic carbocycles. The molecular weight excluding hydrogens is 426 g/mol. The summed E-state index contributed by atoms with van der Waals surface area (Å²) in [5.74, 6) is 0.0243. The minimum Gasteiger partial charge on any atom is -0.356 e. The summed E-state index contributed by atoms with van der Waals surface area (Å²) in [7, 11) is 0. The van der Waals surface area contributed by atoms with Crippen LogP contribution in [0.5, 0.6) is 0 Å². The van der Waals surface area contributed by atoms with Crippen molar-refractivity contribution < 1.29 is 9.59 Å². The van der Waals surface area contributed by atoms with E-state index in [4.69, 9.17) is 0 Å². The van der Waals surface area contributed by atoms with Crippen LogP contribution in [0.15, 0.2) is 73.1 Å². The van der Waals surface area contributed by atoms with Crippen molar-refractivity contribution in [2.24, 2.45) is 0 Å². The van der Waals surface area contributed by atoms with Crippen molar-refractivity contribution in [2.75, 3.05) is 26.2 Å². The lowest BCUT2D eigenvalue weighted by molar-refractivity contribution is -0.121. The first-order valence-electron chi connectivity index (χ1n) is 12.1. The molecule has 3 aromatic rings. The molecule has 1 aliphatic heterocycles. The quantitative estimate of drug-likeness (QED) is 0.627. The standard InChI is InChI=1S/C27H33N5O2/c33-26-18-25(23-12-5-2-6-13-23)28-14-7-8-16-31(17-9-15-29-26)27(34)24-19-30-32(21-24)20-22-10-3-1-4-11-22/h1-6,10-13,19,21,25,28H,7-9,14-18,20H2,(H,29,33). The van der Waals surface area contributed by atoms with E-state index in [0.717, 1.165) is 36.9 Å². The molecule has 0 aliphatic carbocycles. The topological polar surface area (TPSA) is 79.3 Å². The molecule has 1 atom stereocenters. The summed E-state index contributed by atoms with van der Waals surface area (Å²) in [5, 5.41) is 10.9. The van der Waals surface area contributed by atoms with Crippen LogP contribution in [0.3, 0.4) is 0 Å². The number of carbonyl (C=O) groups is 2. The van der Waals surface area contributed by atoms with E-state index >= 15 is 0 Å². The van der Waals surface area contributed by atoms with Crippen molar-refractivity contribution in [2.45, 2.75) is 38.3 Å². The summed E-state index contributed by atoms with van der Waals surface area (Å²) in [4.78, 5) is 27.6. The van der Waals surface area contributed by atoms with E-state index < -0.39 is 0 Å². The number of benzene rings is 2. The Bertz CT molecular complexity index is 1050. The molecule has 1 saturated heterocycles. The van der Waals surface area contributed by atoms with E-state index in [2.05, 4.69) is 27.9 Å². The summed E-state index contributed by atoms with van der Waals surface area (Å²) >= 11 is 0. The second-order valence-electron chi connectivity index (χ2n) is 8.74. The molecule has 0 saturated carbocycles. The second-order valence-corrected chi connectivity index (χ2v) is 8.74. The monoisotopic (exact) mass is 459 g/mol. The van der Waals surface area contributed by atoms with Gasteiger partial charge in [0.05, 0.1) is 18.3 Å². The highest BCUT2D eigenvalue weighted by molar-refractivity contribution is 5.93. The molecule has 1 fully saturated rings. The van der Waals surface area contributed by atoms with Gasteiger partial charge >= 0.3 is 0 Å². The molecule has 2 heterocycles. The zero-order valence-electron chi connectivity index (χ0n) is 19.5. The van der Waals surface area contributed by atoms with Gasteiger partial charge in [0.1, 0.15) is 0 Å². The number of hydrogen-bond donors (Lipinski definition) is 2. The molecule has 178 valence electrons. The third-order valence-corrected chi connectivity index (χ3v) is 6.12. The van der Waals surface area contributed by atoms with Crippen LogP contribution in [0.2, 0.25) is 0 Å². The first-order valence-corrected chi connectivity index (χ1v) is 12.1. The van der Waals surface area contributed by atoms with Gasteiger partial charge in [0.25, 0.3) is 5.91 Å². The molecule has 2 N–H and O–H groups in total. The number of aromatic nitrogens is 2. The van der Waals surface area contributed by atoms with Gasteiger partial charge in [-0.1, -0.05) is 60.7 Å². The van der Waals surface area contributed by atoms with Crippen molar-refractivity contribution in [3.8, 4) is 0 Å². The smallest absolute Gasteiger partial charge is 0.257 e. The van der Waals surface area contributed by atoms with Gasteiger partial charge in [-0.3, -0.25) is 14.3 Å². The number of amides is 2. The molecule has 1 unspecified atom stereocenters. The average molecular weight is 460 g/mol. The molecule has 0 bridgehead atoms. The Balaban J connectivity index is 1.36. The Morgan fingerprint density at radius 3 is 2.47 bits per heavy atom. The average Bonchev–Trinajstić information content (AvgIpc) is 3.33. The largest absolute Gasteiger partial charge is 0.356 e. The minimum atomic E-state index is -0.00450. The Hall–Kier alpha value is -3.45. The summed E-state index contributed by atoms with van der Waals surface area (Å²) in [6.07, 6.45) is 6.44. The van der Waals surface area contributed by atoms with Crippen molar-refractivity contribution in [3.63, 3.8) is 0 Å². The van der Waals surface area contributed by atoms with Crippen molar-refractivity contribution >= 4 is 11.8 Å². The molecule has 7 heteroatoms. The maximum atomic E-state index is 13.2. The lowest BCUT2D eigenvalue weighted by atomic mass is 10.0. The molecule has 1 aliphatic rings. The van der Waals surface area contributed by atoms with Gasteiger partial charge in [0, 0.05) is 38.3 Å². The van der Waals surface area contributed by atoms with Gasteiger partial charge in [0.15, 0.2) is 0 Å². The molecule has 0 spiro atoms. The Kier molecular flexibility index (Phi) is 8.46. The number of nitrogens with one attached hydrogen (secondary N) is 2. The van der Waals surface area contributed by atoms with E-state index in [1.807, 2.05) is 59.6 Å². The van der Waals surface area contributed by atoms with E-state index in [-0.39, 0.29) is 17.9 Å². The van der Waals surface area contributed by atoms with E-state index in [0.29, 0.717) is 38.2 Å². The summed E-state index contributed by atoms with van der Waals surface area (Å²) in [5.41, 5.74) is 2.87. The van der Waals surface area contributed by atoms with Crippen LogP contribution in [0.4, 0.5) is 0 Å². The van der Waals surface area contributed by atoms with Crippen LogP contribution in [-0.2, 0) is 11.3 Å². The zero-order valence-corrected chi connectivity index (χ0v) is 19.5. The molecule has 4 rings (SSSR count). The molecule has 1 aromatic heterocycles. The summed E-state index contributed by atoms with van der Waals surface area (Å²) in [6.45, 7) is 3.28. The highest BCUT2D eigenvalue weighted by Crippen LogP contribution is 2.17. The van der Waals surface area contributed by atoms with Gasteiger partial charge in [-0.15, -0.1) is 0 Å². The third-order valence-electron chi connectivity index (χ3n) is 6.12. The molecule has 0 radical (unpaired) electrons. The first kappa shape index (κ1) is 23.7. The van der Waals surface area contributed by atoms with Crippen LogP contribution >= 0.6 is 0 Å². The Morgan fingerprint density at radius 2 is 1.68 bits per heavy atom. The first-order chi connectivity index (χ1) is 16.7. The van der Waals surface area contributed by atoms with Gasteiger partial charge in [-0.25, -0.2) is 0 Å². The van der Waals surface area contributed by atoms with Crippen LogP contribution < -0.4 is 10.6 Å². The predicted molar refractivity (Wildman–Crippen MR) is 132 cm³/mol. The van der Waals surface area contributed by atoms with Crippen LogP contribution in [0, 0.1) is 0 Å². The molecule has 34 heavy (non-hydrogen) atoms. The maximum absolute atomic E-state index is 13.2. The Morgan fingerprint density at radius 1 is 0.941 bits per heavy atom. The predicted octanol–water partition coefficient (Wildman–Crippen LogP) is 3.39. The molecule has 2 amide bonds. The zero-order chi connectivity index (χ0) is 23.6. The van der Waals surface area contributed by atoms with Crippen LogP contribution in [-0.4, -0.2) is 52.7 Å². The fraction of sp³-hybridized carbons (Fsp3) is 0.370. The maximum Gasteiger partial charge on any atom is 0.257 e. The lowest BCUT2D eigenvalue weighted by Crippen LogP contribution is -2.35. The van der Waals surface area contributed by atoms with Crippen molar-refractivity contribution in [1.29, 1.82) is 0 Å². The fourth-order valence-electron chi connectivity index (χ4n) is 4.28. The summed E-state index contributed by atoms with van der Waals surface area (Å²) < 4.78 is 1.80. The minimum absolute atomic E-state index is 0.00404. The van der Waals surface area contributed by atoms with Crippen LogP contribution in [0.1, 0.15) is 53.2 Å². The van der Waals surface area contributed by atoms with E-state index in [1.165, 1.54) is 0 Å². The second kappa shape index (κ2) is 12.1. The number of hydrogen-bond acceptors (Lipinski definition) is 4. The van der Waals surface area contributed by atoms with Gasteiger partial charge in [-0.2, -0.15) is 5.10 Å². The SMILES string of the molecule is O=C1CC(c2ccccc2)NCCCCN(C(=O)c2cnn(Cc3ccccc3)c2)CCCN1. The normalized spacial score (nSPS) is 18.3. The van der Waals surface area contributed by atoms with Gasteiger partial charge < -0.3 is 15.5 Å². The highest BCUT2D eigenvalue weighted by atomic mass is 16.2. The fourth-order valence-corrected chi connectivity index (χ4v) is 4.28. The van der Waals surface area contributed by atoms with E-state index in [1.54, 1.807) is 10.9 Å². The van der Waals surface area contributed by atoms with Gasteiger partial charge in [0.2, 0.25) is 5.91 Å². The van der Waals surface area contributed by atoms with Crippen molar-refractivity contribution in [1.82, 2.24) is 25.3 Å². The number of rotatable bonds is 4. The number of nitrogens with zero attached hydrogens (tertiary/aromatic N) is 3.